The third-order valence-electron chi connectivity index (χ3n) is 4.36. The summed E-state index contributed by atoms with van der Waals surface area (Å²) in [6, 6.07) is 6.40. The number of benzene rings is 1. The van der Waals surface area contributed by atoms with E-state index in [2.05, 4.69) is 25.7 Å². The van der Waals surface area contributed by atoms with Gasteiger partial charge in [-0.2, -0.15) is 0 Å². The van der Waals surface area contributed by atoms with Gasteiger partial charge in [0, 0.05) is 40.6 Å². The molecule has 1 aromatic carbocycles. The monoisotopic (exact) mass is 366 g/mol. The Morgan fingerprint density at radius 1 is 1.04 bits per heavy atom. The lowest BCUT2D eigenvalue weighted by atomic mass is 9.80. The van der Waals surface area contributed by atoms with Crippen molar-refractivity contribution in [2.45, 2.75) is 19.8 Å². The van der Waals surface area contributed by atoms with Gasteiger partial charge in [-0.1, -0.05) is 12.1 Å². The van der Waals surface area contributed by atoms with Gasteiger partial charge < -0.3 is 14.2 Å². The second-order valence-corrected chi connectivity index (χ2v) is 5.98. The Morgan fingerprint density at radius 2 is 1.63 bits per heavy atom. The number of rotatable bonds is 4. The molecule has 0 amide bonds. The van der Waals surface area contributed by atoms with E-state index in [-0.39, 0.29) is 5.69 Å². The summed E-state index contributed by atoms with van der Waals surface area (Å²) in [5.41, 5.74) is 3.61. The molecule has 0 spiro atoms. The van der Waals surface area contributed by atoms with Crippen molar-refractivity contribution in [2.24, 2.45) is 0 Å². The van der Waals surface area contributed by atoms with E-state index in [0.29, 0.717) is 28.5 Å². The van der Waals surface area contributed by atoms with Crippen LogP contribution in [0.5, 0.6) is 0 Å². The minimum Gasteiger partial charge on any atom is -0.424 e. The summed E-state index contributed by atoms with van der Waals surface area (Å²) >= 11 is 0. The highest BCUT2D eigenvalue weighted by Crippen LogP contribution is 2.46. The molecule has 27 heavy (non-hydrogen) atoms. The molecule has 0 bridgehead atoms. The number of allylic oxidation sites excluding steroid dienone is 4. The SMILES string of the molecule is CC1=C(c2nnco2)C(c2cccc([N+](=O)[O-])c2)C(c2nnco2)=C(C)N1. The van der Waals surface area contributed by atoms with Crippen molar-refractivity contribution in [3.63, 3.8) is 0 Å². The number of hydrogen-bond donors (Lipinski definition) is 1. The molecule has 0 unspecified atom stereocenters. The Labute approximate surface area is 152 Å². The molecule has 0 aliphatic carbocycles. The second-order valence-electron chi connectivity index (χ2n) is 5.98. The van der Waals surface area contributed by atoms with E-state index in [9.17, 15) is 10.1 Å². The first kappa shape index (κ1) is 16.6. The Hall–Kier alpha value is -3.82. The number of nitrogens with one attached hydrogen (secondary N) is 1. The highest BCUT2D eigenvalue weighted by atomic mass is 16.6. The maximum absolute atomic E-state index is 11.3. The summed E-state index contributed by atoms with van der Waals surface area (Å²) in [5.74, 6) is 0.147. The van der Waals surface area contributed by atoms with E-state index >= 15 is 0 Å². The van der Waals surface area contributed by atoms with Gasteiger partial charge in [0.15, 0.2) is 0 Å². The highest BCUT2D eigenvalue weighted by Gasteiger charge is 2.36. The molecule has 0 atom stereocenters. The summed E-state index contributed by atoms with van der Waals surface area (Å²) < 4.78 is 10.9. The zero-order valence-corrected chi connectivity index (χ0v) is 14.4. The molecule has 1 N–H and O–H groups in total. The first-order chi connectivity index (χ1) is 13.1. The zero-order valence-electron chi connectivity index (χ0n) is 14.4. The summed E-state index contributed by atoms with van der Waals surface area (Å²) in [4.78, 5) is 10.8. The van der Waals surface area contributed by atoms with Gasteiger partial charge in [0.05, 0.1) is 4.92 Å². The van der Waals surface area contributed by atoms with E-state index in [0.717, 1.165) is 11.4 Å². The fourth-order valence-corrected chi connectivity index (χ4v) is 3.29. The Balaban J connectivity index is 1.96. The molecule has 0 saturated heterocycles. The molecule has 2 aromatic heterocycles. The first-order valence-electron chi connectivity index (χ1n) is 8.02. The van der Waals surface area contributed by atoms with Gasteiger partial charge in [-0.25, -0.2) is 0 Å². The molecule has 1 aliphatic rings. The van der Waals surface area contributed by atoms with Crippen LogP contribution in [0.4, 0.5) is 5.69 Å². The lowest BCUT2D eigenvalue weighted by Crippen LogP contribution is -2.23. The Kier molecular flexibility index (Phi) is 3.99. The molecule has 0 saturated carbocycles. The van der Waals surface area contributed by atoms with Gasteiger partial charge >= 0.3 is 0 Å². The summed E-state index contributed by atoms with van der Waals surface area (Å²) in [7, 11) is 0. The first-order valence-corrected chi connectivity index (χ1v) is 8.02. The second kappa shape index (κ2) is 6.48. The number of non-ortho nitro benzene ring substituents is 1. The lowest BCUT2D eigenvalue weighted by Gasteiger charge is -2.29. The summed E-state index contributed by atoms with van der Waals surface area (Å²) in [6.45, 7) is 3.75. The van der Waals surface area contributed by atoms with Crippen LogP contribution in [-0.4, -0.2) is 25.3 Å². The normalized spacial score (nSPS) is 15.2. The van der Waals surface area contributed by atoms with Gasteiger partial charge in [0.25, 0.3) is 5.69 Å². The van der Waals surface area contributed by atoms with E-state index < -0.39 is 10.8 Å². The van der Waals surface area contributed by atoms with Crippen molar-refractivity contribution < 1.29 is 13.8 Å². The van der Waals surface area contributed by atoms with Crippen LogP contribution in [0.1, 0.15) is 37.1 Å². The van der Waals surface area contributed by atoms with Crippen LogP contribution in [0.15, 0.2) is 57.3 Å². The van der Waals surface area contributed by atoms with Crippen molar-refractivity contribution in [2.75, 3.05) is 0 Å². The van der Waals surface area contributed by atoms with Crippen LogP contribution < -0.4 is 5.32 Å². The van der Waals surface area contributed by atoms with Gasteiger partial charge in [-0.15, -0.1) is 20.4 Å². The van der Waals surface area contributed by atoms with E-state index in [1.54, 1.807) is 12.1 Å². The third kappa shape index (κ3) is 2.86. The van der Waals surface area contributed by atoms with Crippen LogP contribution in [0.2, 0.25) is 0 Å². The van der Waals surface area contributed by atoms with Gasteiger partial charge in [0.2, 0.25) is 24.6 Å². The van der Waals surface area contributed by atoms with Gasteiger partial charge in [0.1, 0.15) is 0 Å². The standard InChI is InChI=1S/C17H14N6O4/c1-9-13(16-21-18-7-26-16)15(11-4-3-5-12(6-11)23(24)25)14(10(2)20-9)17-22-19-8-27-17/h3-8,15,20H,1-2H3. The smallest absolute Gasteiger partial charge is 0.269 e. The van der Waals surface area contributed by atoms with Crippen molar-refractivity contribution in [3.8, 4) is 0 Å². The molecule has 1 aliphatic heterocycles. The maximum atomic E-state index is 11.3. The zero-order chi connectivity index (χ0) is 19.0. The van der Waals surface area contributed by atoms with Crippen LogP contribution in [0.25, 0.3) is 11.1 Å². The fourth-order valence-electron chi connectivity index (χ4n) is 3.29. The number of nitro benzene ring substituents is 1. The summed E-state index contributed by atoms with van der Waals surface area (Å²) in [5, 5.41) is 30.1. The molecule has 0 radical (unpaired) electrons. The molecule has 3 heterocycles. The molecule has 3 aromatic rings. The predicted molar refractivity (Wildman–Crippen MR) is 92.8 cm³/mol. The largest absolute Gasteiger partial charge is 0.424 e. The van der Waals surface area contributed by atoms with Crippen LogP contribution in [-0.2, 0) is 0 Å². The highest BCUT2D eigenvalue weighted by molar-refractivity contribution is 5.88. The molecule has 136 valence electrons. The van der Waals surface area contributed by atoms with E-state index in [1.165, 1.54) is 24.9 Å². The van der Waals surface area contributed by atoms with Gasteiger partial charge in [-0.05, 0) is 19.4 Å². The quantitative estimate of drug-likeness (QED) is 0.546. The molecule has 10 heteroatoms. The number of nitrogens with zero attached hydrogens (tertiary/aromatic N) is 5. The molecule has 4 rings (SSSR count). The van der Waals surface area contributed by atoms with Crippen molar-refractivity contribution in [3.05, 3.63) is 75.9 Å². The summed E-state index contributed by atoms with van der Waals surface area (Å²) in [6.07, 6.45) is 2.47. The fraction of sp³-hybridized carbons (Fsp3) is 0.176. The van der Waals surface area contributed by atoms with Crippen molar-refractivity contribution in [1.82, 2.24) is 25.7 Å². The average molecular weight is 366 g/mol. The van der Waals surface area contributed by atoms with Crippen LogP contribution in [0.3, 0.4) is 0 Å². The molecule has 0 fully saturated rings. The van der Waals surface area contributed by atoms with Gasteiger partial charge in [-0.3, -0.25) is 10.1 Å². The average Bonchev–Trinajstić information content (AvgIpc) is 3.35. The lowest BCUT2D eigenvalue weighted by molar-refractivity contribution is -0.384. The molecular formula is C17H14N6O4. The van der Waals surface area contributed by atoms with Crippen molar-refractivity contribution >= 4 is 16.8 Å². The maximum Gasteiger partial charge on any atom is 0.269 e. The van der Waals surface area contributed by atoms with E-state index in [1.807, 2.05) is 13.8 Å². The van der Waals surface area contributed by atoms with Crippen LogP contribution in [0, 0.1) is 10.1 Å². The number of hydrogen-bond acceptors (Lipinski definition) is 9. The topological polar surface area (TPSA) is 133 Å². The molecular weight excluding hydrogens is 352 g/mol. The number of nitro groups is 1. The number of aromatic nitrogens is 4. The Bertz CT molecular complexity index is 997. The molecule has 10 nitrogen and oxygen atoms in total. The Morgan fingerprint density at radius 3 is 2.11 bits per heavy atom. The third-order valence-corrected chi connectivity index (χ3v) is 4.36. The minimum atomic E-state index is -0.466. The van der Waals surface area contributed by atoms with E-state index in [4.69, 9.17) is 8.83 Å². The predicted octanol–water partition coefficient (Wildman–Crippen LogP) is 2.91. The minimum absolute atomic E-state index is 0.0175. The van der Waals surface area contributed by atoms with Crippen LogP contribution >= 0.6 is 0 Å². The van der Waals surface area contributed by atoms with Crippen molar-refractivity contribution in [1.29, 1.82) is 0 Å². The number of dihydropyridines is 1.